The predicted molar refractivity (Wildman–Crippen MR) is 141 cm³/mol. The van der Waals surface area contributed by atoms with E-state index < -0.39 is 11.8 Å². The molecule has 4 amide bonds. The van der Waals surface area contributed by atoms with Crippen LogP contribution in [0.5, 0.6) is 5.75 Å². The Bertz CT molecular complexity index is 1150. The van der Waals surface area contributed by atoms with Crippen molar-refractivity contribution in [3.63, 3.8) is 0 Å². The molecule has 0 aliphatic carbocycles. The SMILES string of the molecule is COCC(=O)N1C[C@H](C)[C@H](OC)CN(C)C(=O)c2ccc(NC(=O)Nc3cccc(F)c3)cc2OC[C@@H]1C. The van der Waals surface area contributed by atoms with Crippen molar-refractivity contribution in [1.29, 1.82) is 0 Å². The molecule has 2 aromatic rings. The molecule has 11 heteroatoms. The summed E-state index contributed by atoms with van der Waals surface area (Å²) in [7, 11) is 4.72. The summed E-state index contributed by atoms with van der Waals surface area (Å²) < 4.78 is 30.3. The first-order valence-corrected chi connectivity index (χ1v) is 12.3. The molecular weight excluding hydrogens is 495 g/mol. The molecular formula is C27H35FN4O6. The van der Waals surface area contributed by atoms with Gasteiger partial charge in [0.2, 0.25) is 5.91 Å². The summed E-state index contributed by atoms with van der Waals surface area (Å²) in [6.45, 7) is 4.55. The standard InChI is InChI=1S/C27H35FN4O6/c1-17-13-32(25(33)16-36-4)18(2)15-38-23-12-21(30-27(35)29-20-8-6-7-19(28)11-20)9-10-22(23)26(34)31(3)14-24(17)37-5/h6-12,17-18,24H,13-16H2,1-5H3,(H2,29,30,35)/t17-,18-,24+/m0/s1. The van der Waals surface area contributed by atoms with E-state index >= 15 is 0 Å². The molecule has 2 N–H and O–H groups in total. The van der Waals surface area contributed by atoms with Crippen LogP contribution in [0.15, 0.2) is 42.5 Å². The Morgan fingerprint density at radius 2 is 1.79 bits per heavy atom. The number of hydrogen-bond donors (Lipinski definition) is 2. The number of urea groups is 1. The summed E-state index contributed by atoms with van der Waals surface area (Å²) in [6.07, 6.45) is -0.315. The van der Waals surface area contributed by atoms with E-state index in [0.717, 1.165) is 0 Å². The summed E-state index contributed by atoms with van der Waals surface area (Å²) in [5.41, 5.74) is 0.954. The fraction of sp³-hybridized carbons (Fsp3) is 0.444. The molecule has 3 rings (SSSR count). The number of carbonyl (C=O) groups is 3. The third-order valence-corrected chi connectivity index (χ3v) is 6.38. The molecule has 0 fully saturated rings. The average molecular weight is 531 g/mol. The molecule has 0 radical (unpaired) electrons. The Balaban J connectivity index is 1.88. The number of fused-ring (bicyclic) bond motifs is 1. The highest BCUT2D eigenvalue weighted by molar-refractivity contribution is 6.01. The van der Waals surface area contributed by atoms with Gasteiger partial charge in [-0.15, -0.1) is 0 Å². The van der Waals surface area contributed by atoms with Crippen LogP contribution in [0.25, 0.3) is 0 Å². The van der Waals surface area contributed by atoms with Crippen LogP contribution in [0.2, 0.25) is 0 Å². The van der Waals surface area contributed by atoms with E-state index in [1.165, 1.54) is 25.3 Å². The van der Waals surface area contributed by atoms with Gasteiger partial charge in [0.05, 0.1) is 17.7 Å². The topological polar surface area (TPSA) is 109 Å². The minimum Gasteiger partial charge on any atom is -0.491 e. The number of ether oxygens (including phenoxy) is 3. The lowest BCUT2D eigenvalue weighted by Gasteiger charge is -2.36. The zero-order valence-electron chi connectivity index (χ0n) is 22.3. The second-order valence-electron chi connectivity index (χ2n) is 9.38. The van der Waals surface area contributed by atoms with Crippen molar-refractivity contribution >= 4 is 29.2 Å². The molecule has 38 heavy (non-hydrogen) atoms. The van der Waals surface area contributed by atoms with E-state index in [9.17, 15) is 18.8 Å². The van der Waals surface area contributed by atoms with Crippen molar-refractivity contribution in [2.24, 2.45) is 5.92 Å². The Morgan fingerprint density at radius 3 is 2.45 bits per heavy atom. The minimum atomic E-state index is -0.589. The lowest BCUT2D eigenvalue weighted by atomic mass is 10.0. The maximum Gasteiger partial charge on any atom is 0.323 e. The van der Waals surface area contributed by atoms with Crippen LogP contribution in [0.4, 0.5) is 20.6 Å². The van der Waals surface area contributed by atoms with E-state index in [4.69, 9.17) is 14.2 Å². The number of nitrogens with one attached hydrogen (secondary N) is 2. The Hall–Kier alpha value is -3.70. The molecule has 0 saturated carbocycles. The first-order chi connectivity index (χ1) is 18.1. The van der Waals surface area contributed by atoms with Crippen LogP contribution in [0, 0.1) is 11.7 Å². The number of carbonyl (C=O) groups excluding carboxylic acids is 3. The Morgan fingerprint density at radius 1 is 1.08 bits per heavy atom. The summed E-state index contributed by atoms with van der Waals surface area (Å²) in [4.78, 5) is 41.9. The quantitative estimate of drug-likeness (QED) is 0.613. The summed E-state index contributed by atoms with van der Waals surface area (Å²) in [5, 5.41) is 5.23. The summed E-state index contributed by atoms with van der Waals surface area (Å²) in [6, 6.07) is 9.29. The molecule has 1 aliphatic heterocycles. The van der Waals surface area contributed by atoms with Gasteiger partial charge in [0.1, 0.15) is 24.8 Å². The van der Waals surface area contributed by atoms with E-state index in [1.54, 1.807) is 48.2 Å². The monoisotopic (exact) mass is 530 g/mol. The van der Waals surface area contributed by atoms with E-state index in [1.807, 2.05) is 13.8 Å². The number of anilines is 2. The molecule has 0 aromatic heterocycles. The second-order valence-corrected chi connectivity index (χ2v) is 9.38. The summed E-state index contributed by atoms with van der Waals surface area (Å²) >= 11 is 0. The first kappa shape index (κ1) is 28.9. The molecule has 0 unspecified atom stereocenters. The van der Waals surface area contributed by atoms with Crippen molar-refractivity contribution in [1.82, 2.24) is 9.80 Å². The normalized spacial score (nSPS) is 20.5. The van der Waals surface area contributed by atoms with Gasteiger partial charge in [-0.3, -0.25) is 9.59 Å². The van der Waals surface area contributed by atoms with E-state index in [-0.39, 0.29) is 48.8 Å². The number of amides is 4. The molecule has 10 nitrogen and oxygen atoms in total. The van der Waals surface area contributed by atoms with Crippen molar-refractivity contribution in [3.05, 3.63) is 53.8 Å². The fourth-order valence-corrected chi connectivity index (χ4v) is 4.26. The largest absolute Gasteiger partial charge is 0.491 e. The number of nitrogens with zero attached hydrogens (tertiary/aromatic N) is 2. The van der Waals surface area contributed by atoms with Gasteiger partial charge in [0.25, 0.3) is 5.91 Å². The summed E-state index contributed by atoms with van der Waals surface area (Å²) in [5.74, 6) is -0.752. The number of benzene rings is 2. The fourth-order valence-electron chi connectivity index (χ4n) is 4.26. The van der Waals surface area contributed by atoms with Crippen molar-refractivity contribution in [2.75, 3.05) is 58.2 Å². The number of methoxy groups -OCH3 is 2. The molecule has 2 aromatic carbocycles. The van der Waals surface area contributed by atoms with Gasteiger partial charge in [-0.1, -0.05) is 13.0 Å². The number of hydrogen-bond acceptors (Lipinski definition) is 6. The van der Waals surface area contributed by atoms with Crippen LogP contribution in [-0.2, 0) is 14.3 Å². The second kappa shape index (κ2) is 13.2. The average Bonchev–Trinajstić information content (AvgIpc) is 2.87. The van der Waals surface area contributed by atoms with Crippen molar-refractivity contribution in [2.45, 2.75) is 26.0 Å². The van der Waals surface area contributed by atoms with E-state index in [0.29, 0.717) is 30.0 Å². The third kappa shape index (κ3) is 7.42. The lowest BCUT2D eigenvalue weighted by molar-refractivity contribution is -0.139. The molecule has 1 heterocycles. The van der Waals surface area contributed by atoms with Gasteiger partial charge >= 0.3 is 6.03 Å². The highest BCUT2D eigenvalue weighted by atomic mass is 19.1. The lowest BCUT2D eigenvalue weighted by Crippen LogP contribution is -2.49. The molecule has 0 spiro atoms. The number of halogens is 1. The van der Waals surface area contributed by atoms with Gasteiger partial charge < -0.3 is 34.6 Å². The molecule has 3 atom stereocenters. The number of rotatable bonds is 5. The van der Waals surface area contributed by atoms with Crippen molar-refractivity contribution in [3.8, 4) is 5.75 Å². The van der Waals surface area contributed by atoms with Crippen LogP contribution >= 0.6 is 0 Å². The third-order valence-electron chi connectivity index (χ3n) is 6.38. The van der Waals surface area contributed by atoms with Gasteiger partial charge in [0, 0.05) is 57.7 Å². The molecule has 0 saturated heterocycles. The van der Waals surface area contributed by atoms with Crippen LogP contribution in [0.3, 0.4) is 0 Å². The first-order valence-electron chi connectivity index (χ1n) is 12.3. The maximum atomic E-state index is 13.4. The Kier molecular flexibility index (Phi) is 10.0. The maximum absolute atomic E-state index is 13.4. The van der Waals surface area contributed by atoms with Crippen LogP contribution in [-0.4, -0.2) is 87.4 Å². The van der Waals surface area contributed by atoms with Gasteiger partial charge in [-0.05, 0) is 37.3 Å². The molecule has 206 valence electrons. The van der Waals surface area contributed by atoms with Gasteiger partial charge in [-0.2, -0.15) is 0 Å². The van der Waals surface area contributed by atoms with E-state index in [2.05, 4.69) is 10.6 Å². The minimum absolute atomic E-state index is 0.0689. The van der Waals surface area contributed by atoms with Crippen molar-refractivity contribution < 1.29 is 33.0 Å². The highest BCUT2D eigenvalue weighted by Gasteiger charge is 2.30. The highest BCUT2D eigenvalue weighted by Crippen LogP contribution is 2.27. The predicted octanol–water partition coefficient (Wildman–Crippen LogP) is 3.45. The molecule has 0 bridgehead atoms. The van der Waals surface area contributed by atoms with Gasteiger partial charge in [-0.25, -0.2) is 9.18 Å². The Labute approximate surface area is 222 Å². The van der Waals surface area contributed by atoms with Crippen LogP contribution < -0.4 is 15.4 Å². The zero-order valence-corrected chi connectivity index (χ0v) is 22.3. The smallest absolute Gasteiger partial charge is 0.323 e. The van der Waals surface area contributed by atoms with Crippen LogP contribution in [0.1, 0.15) is 24.2 Å². The van der Waals surface area contributed by atoms with Gasteiger partial charge in [0.15, 0.2) is 0 Å². The molecule has 1 aliphatic rings. The zero-order chi connectivity index (χ0) is 27.8. The number of likely N-dealkylation sites (N-methyl/N-ethyl adjacent to an activating group) is 1.